The summed E-state index contributed by atoms with van der Waals surface area (Å²) in [6, 6.07) is 8.63. The van der Waals surface area contributed by atoms with Crippen LogP contribution in [0.4, 0.5) is 0 Å². The minimum absolute atomic E-state index is 0. The smallest absolute Gasteiger partial charge is 0.325 e. The number of halogens is 2. The molecule has 0 unspecified atom stereocenters. The molecule has 3 nitrogen and oxygen atoms in total. The Hall–Kier alpha value is -1.07. The molecule has 2 aromatic rings. The number of nitrogens with zero attached hydrogens (tertiary/aromatic N) is 1. The van der Waals surface area contributed by atoms with Gasteiger partial charge in [0.15, 0.2) is 0 Å². The Bertz CT molecular complexity index is 644. The van der Waals surface area contributed by atoms with Crippen molar-refractivity contribution < 1.29 is 9.90 Å². The molecule has 1 aromatic carbocycles. The Morgan fingerprint density at radius 2 is 2.10 bits per heavy atom. The Morgan fingerprint density at radius 3 is 2.81 bits per heavy atom. The van der Waals surface area contributed by atoms with Gasteiger partial charge >= 0.3 is 5.97 Å². The maximum Gasteiger partial charge on any atom is 0.325 e. The number of carboxylic acids is 1. The maximum atomic E-state index is 11.7. The van der Waals surface area contributed by atoms with Crippen molar-refractivity contribution in [2.75, 3.05) is 6.54 Å². The van der Waals surface area contributed by atoms with Crippen LogP contribution in [0.5, 0.6) is 0 Å². The molecular weight excluding hydrogens is 329 g/mol. The number of carbonyl (C=O) groups is 1. The fourth-order valence-electron chi connectivity index (χ4n) is 2.66. The summed E-state index contributed by atoms with van der Waals surface area (Å²) in [6.07, 6.45) is 0.896. The molecule has 0 spiro atoms. The Morgan fingerprint density at radius 1 is 1.33 bits per heavy atom. The Labute approximate surface area is 138 Å². The summed E-state index contributed by atoms with van der Waals surface area (Å²) in [5.41, 5.74) is 2.01. The van der Waals surface area contributed by atoms with E-state index in [1.54, 1.807) is 23.5 Å². The molecule has 0 fully saturated rings. The summed E-state index contributed by atoms with van der Waals surface area (Å²) in [5.74, 6) is -0.849. The molecule has 112 valence electrons. The van der Waals surface area contributed by atoms with Gasteiger partial charge < -0.3 is 5.11 Å². The van der Waals surface area contributed by atoms with E-state index in [1.165, 1.54) is 10.4 Å². The van der Waals surface area contributed by atoms with Gasteiger partial charge in [-0.3, -0.25) is 9.69 Å². The molecule has 3 rings (SSSR count). The van der Waals surface area contributed by atoms with Crippen LogP contribution in [0.15, 0.2) is 35.7 Å². The summed E-state index contributed by atoms with van der Waals surface area (Å²) >= 11 is 7.86. The summed E-state index contributed by atoms with van der Waals surface area (Å²) in [6.45, 7) is 1.42. The highest BCUT2D eigenvalue weighted by Crippen LogP contribution is 2.33. The second-order valence-electron chi connectivity index (χ2n) is 4.85. The van der Waals surface area contributed by atoms with Crippen molar-refractivity contribution in [1.82, 2.24) is 4.90 Å². The van der Waals surface area contributed by atoms with Crippen LogP contribution < -0.4 is 0 Å². The molecule has 1 aliphatic rings. The molecule has 1 atom stereocenters. The third-order valence-electron chi connectivity index (χ3n) is 3.65. The quantitative estimate of drug-likeness (QED) is 0.915. The van der Waals surface area contributed by atoms with Crippen LogP contribution in [0.25, 0.3) is 0 Å². The number of fused-ring (bicyclic) bond motifs is 1. The lowest BCUT2D eigenvalue weighted by Crippen LogP contribution is -2.37. The number of rotatable bonds is 3. The first-order valence-electron chi connectivity index (χ1n) is 6.43. The van der Waals surface area contributed by atoms with E-state index in [0.717, 1.165) is 13.0 Å². The van der Waals surface area contributed by atoms with Gasteiger partial charge in [0.1, 0.15) is 6.04 Å². The molecule has 1 N–H and O–H groups in total. The van der Waals surface area contributed by atoms with Crippen molar-refractivity contribution in [3.05, 3.63) is 56.7 Å². The zero-order valence-electron chi connectivity index (χ0n) is 11.2. The lowest BCUT2D eigenvalue weighted by molar-refractivity contribution is -0.144. The van der Waals surface area contributed by atoms with E-state index in [0.29, 0.717) is 17.1 Å². The third-order valence-corrected chi connectivity index (χ3v) is 4.94. The first kappa shape index (κ1) is 16.3. The second-order valence-corrected chi connectivity index (χ2v) is 6.26. The summed E-state index contributed by atoms with van der Waals surface area (Å²) in [5, 5.41) is 12.2. The van der Waals surface area contributed by atoms with E-state index in [2.05, 4.69) is 11.4 Å². The second kappa shape index (κ2) is 6.79. The molecule has 0 saturated heterocycles. The van der Waals surface area contributed by atoms with Gasteiger partial charge in [-0.15, -0.1) is 23.7 Å². The highest BCUT2D eigenvalue weighted by atomic mass is 35.5. The van der Waals surface area contributed by atoms with Crippen LogP contribution in [0, 0.1) is 0 Å². The number of hydrogen-bond donors (Lipinski definition) is 1. The standard InChI is InChI=1S/C15H14ClNO2S.ClH/c16-12-4-2-1-3-11(12)14(15(18)19)17-7-5-10-6-8-20-13(10)9-17;/h1-4,6,8,14H,5,7,9H2,(H,18,19);1H/t14-;/m0./s1. The predicted molar refractivity (Wildman–Crippen MR) is 87.5 cm³/mol. The van der Waals surface area contributed by atoms with Gasteiger partial charge in [0.05, 0.1) is 0 Å². The molecule has 0 aliphatic carbocycles. The third kappa shape index (κ3) is 3.24. The van der Waals surface area contributed by atoms with Crippen molar-refractivity contribution in [3.8, 4) is 0 Å². The van der Waals surface area contributed by atoms with Crippen LogP contribution in [0.3, 0.4) is 0 Å². The molecule has 0 radical (unpaired) electrons. The fourth-order valence-corrected chi connectivity index (χ4v) is 3.86. The monoisotopic (exact) mass is 343 g/mol. The molecule has 21 heavy (non-hydrogen) atoms. The zero-order chi connectivity index (χ0) is 14.1. The highest BCUT2D eigenvalue weighted by molar-refractivity contribution is 7.10. The fraction of sp³-hybridized carbons (Fsp3) is 0.267. The first-order valence-corrected chi connectivity index (χ1v) is 7.69. The number of hydrogen-bond acceptors (Lipinski definition) is 3. The summed E-state index contributed by atoms with van der Waals surface area (Å²) in [7, 11) is 0. The van der Waals surface area contributed by atoms with Gasteiger partial charge in [0, 0.05) is 23.0 Å². The lowest BCUT2D eigenvalue weighted by atomic mass is 10.0. The van der Waals surface area contributed by atoms with Crippen molar-refractivity contribution in [1.29, 1.82) is 0 Å². The average molecular weight is 344 g/mol. The molecule has 0 amide bonds. The van der Waals surface area contributed by atoms with E-state index in [1.807, 2.05) is 17.0 Å². The van der Waals surface area contributed by atoms with Crippen LogP contribution in [0.2, 0.25) is 5.02 Å². The van der Waals surface area contributed by atoms with Crippen molar-refractivity contribution >= 4 is 41.3 Å². The van der Waals surface area contributed by atoms with Crippen LogP contribution in [-0.4, -0.2) is 22.5 Å². The molecule has 1 aromatic heterocycles. The number of thiophene rings is 1. The largest absolute Gasteiger partial charge is 0.480 e. The highest BCUT2D eigenvalue weighted by Gasteiger charge is 2.31. The first-order chi connectivity index (χ1) is 9.66. The maximum absolute atomic E-state index is 11.7. The van der Waals surface area contributed by atoms with Crippen molar-refractivity contribution in [2.45, 2.75) is 19.0 Å². The van der Waals surface area contributed by atoms with E-state index >= 15 is 0 Å². The minimum Gasteiger partial charge on any atom is -0.480 e. The molecular formula is C15H15Cl2NO2S. The van der Waals surface area contributed by atoms with E-state index in [9.17, 15) is 9.90 Å². The van der Waals surface area contributed by atoms with Crippen molar-refractivity contribution in [2.24, 2.45) is 0 Å². The topological polar surface area (TPSA) is 40.5 Å². The molecule has 0 saturated carbocycles. The molecule has 1 aliphatic heterocycles. The predicted octanol–water partition coefficient (Wildman–Crippen LogP) is 4.01. The molecule has 0 bridgehead atoms. The number of carboxylic acid groups (broad SMARTS) is 1. The summed E-state index contributed by atoms with van der Waals surface area (Å²) in [4.78, 5) is 15.0. The molecule has 6 heteroatoms. The van der Waals surface area contributed by atoms with Gasteiger partial charge in [-0.25, -0.2) is 0 Å². The van der Waals surface area contributed by atoms with Gasteiger partial charge in [0.25, 0.3) is 0 Å². The van der Waals surface area contributed by atoms with Crippen LogP contribution >= 0.6 is 35.3 Å². The van der Waals surface area contributed by atoms with E-state index in [-0.39, 0.29) is 12.4 Å². The van der Waals surface area contributed by atoms with E-state index in [4.69, 9.17) is 11.6 Å². The van der Waals surface area contributed by atoms with Gasteiger partial charge in [-0.05, 0) is 35.1 Å². The van der Waals surface area contributed by atoms with Gasteiger partial charge in [-0.2, -0.15) is 0 Å². The number of benzene rings is 1. The SMILES string of the molecule is Cl.O=C(O)[C@H](c1ccccc1Cl)N1CCc2ccsc2C1. The Kier molecular flexibility index (Phi) is 5.27. The lowest BCUT2D eigenvalue weighted by Gasteiger charge is -2.32. The minimum atomic E-state index is -0.849. The van der Waals surface area contributed by atoms with Crippen LogP contribution in [0.1, 0.15) is 22.0 Å². The van der Waals surface area contributed by atoms with Crippen LogP contribution in [-0.2, 0) is 17.8 Å². The Balaban J connectivity index is 0.00000161. The number of aliphatic carboxylic acids is 1. The zero-order valence-corrected chi connectivity index (χ0v) is 13.5. The summed E-state index contributed by atoms with van der Waals surface area (Å²) < 4.78 is 0. The molecule has 2 heterocycles. The van der Waals surface area contributed by atoms with Gasteiger partial charge in [-0.1, -0.05) is 29.8 Å². The van der Waals surface area contributed by atoms with Crippen molar-refractivity contribution in [3.63, 3.8) is 0 Å². The van der Waals surface area contributed by atoms with E-state index < -0.39 is 12.0 Å². The average Bonchev–Trinajstić information content (AvgIpc) is 2.88. The van der Waals surface area contributed by atoms with Gasteiger partial charge in [0.2, 0.25) is 0 Å². The normalized spacial score (nSPS) is 15.9.